The summed E-state index contributed by atoms with van der Waals surface area (Å²) in [4.78, 5) is 4.44. The van der Waals surface area contributed by atoms with Gasteiger partial charge in [0.15, 0.2) is 0 Å². The first-order valence-electron chi connectivity index (χ1n) is 7.66. The molecule has 0 bridgehead atoms. The summed E-state index contributed by atoms with van der Waals surface area (Å²) in [6.45, 7) is 7.14. The van der Waals surface area contributed by atoms with Crippen molar-refractivity contribution in [2.45, 2.75) is 19.6 Å². The highest BCUT2D eigenvalue weighted by Gasteiger charge is 2.15. The van der Waals surface area contributed by atoms with Crippen LogP contribution in [0.15, 0.2) is 72.9 Å². The Morgan fingerprint density at radius 2 is 1.41 bits per heavy atom. The third-order valence-electron chi connectivity index (χ3n) is 3.91. The van der Waals surface area contributed by atoms with E-state index in [4.69, 9.17) is 0 Å². The molecule has 0 aliphatic rings. The lowest BCUT2D eigenvalue weighted by atomic mass is 10.0. The Labute approximate surface area is 133 Å². The van der Waals surface area contributed by atoms with Gasteiger partial charge in [-0.1, -0.05) is 73.4 Å². The van der Waals surface area contributed by atoms with Crippen LogP contribution in [-0.4, -0.2) is 13.1 Å². The fraction of sp³-hybridized carbons (Fsp3) is 0.150. The molecule has 3 aromatic rings. The second-order valence-corrected chi connectivity index (χ2v) is 11.7. The van der Waals surface area contributed by atoms with E-state index in [1.54, 1.807) is 0 Å². The number of nitrogens with zero attached hydrogens (tertiary/aromatic N) is 1. The Hall–Kier alpha value is -2.19. The Kier molecular flexibility index (Phi) is 3.95. The first kappa shape index (κ1) is 14.7. The molecule has 110 valence electrons. The van der Waals surface area contributed by atoms with Crippen LogP contribution in [-0.2, 0) is 0 Å². The molecule has 0 amide bonds. The van der Waals surface area contributed by atoms with Crippen LogP contribution < -0.4 is 5.19 Å². The number of rotatable bonds is 3. The lowest BCUT2D eigenvalue weighted by molar-refractivity contribution is 1.33. The molecular weight excluding hydrogens is 282 g/mol. The van der Waals surface area contributed by atoms with Gasteiger partial charge in [-0.15, -0.1) is 0 Å². The Bertz CT molecular complexity index is 756. The van der Waals surface area contributed by atoms with Crippen LogP contribution in [0.4, 0.5) is 0 Å². The van der Waals surface area contributed by atoms with E-state index in [2.05, 4.69) is 73.2 Å². The van der Waals surface area contributed by atoms with Crippen LogP contribution in [0.3, 0.4) is 0 Å². The number of pyridine rings is 1. The van der Waals surface area contributed by atoms with Gasteiger partial charge < -0.3 is 0 Å². The Morgan fingerprint density at radius 1 is 0.682 bits per heavy atom. The fourth-order valence-electron chi connectivity index (χ4n) is 2.55. The zero-order valence-corrected chi connectivity index (χ0v) is 14.4. The van der Waals surface area contributed by atoms with E-state index < -0.39 is 8.07 Å². The number of benzene rings is 2. The van der Waals surface area contributed by atoms with E-state index in [9.17, 15) is 0 Å². The second kappa shape index (κ2) is 5.89. The van der Waals surface area contributed by atoms with Gasteiger partial charge in [0.1, 0.15) is 0 Å². The molecule has 0 aliphatic heterocycles. The molecule has 2 aromatic carbocycles. The van der Waals surface area contributed by atoms with E-state index in [-0.39, 0.29) is 0 Å². The van der Waals surface area contributed by atoms with E-state index in [1.165, 1.54) is 16.3 Å². The van der Waals surface area contributed by atoms with Gasteiger partial charge in [0.05, 0.1) is 13.8 Å². The van der Waals surface area contributed by atoms with Crippen molar-refractivity contribution in [3.8, 4) is 22.4 Å². The van der Waals surface area contributed by atoms with Gasteiger partial charge in [-0.2, -0.15) is 0 Å². The third kappa shape index (κ3) is 3.17. The van der Waals surface area contributed by atoms with Gasteiger partial charge in [-0.25, -0.2) is 0 Å². The summed E-state index contributed by atoms with van der Waals surface area (Å²) in [5.74, 6) is 0. The molecule has 0 saturated carbocycles. The predicted molar refractivity (Wildman–Crippen MR) is 98.1 cm³/mol. The molecule has 22 heavy (non-hydrogen) atoms. The van der Waals surface area contributed by atoms with Crippen LogP contribution in [0.2, 0.25) is 19.6 Å². The normalized spacial score (nSPS) is 11.4. The second-order valence-electron chi connectivity index (χ2n) is 6.62. The number of hydrogen-bond donors (Lipinski definition) is 0. The minimum absolute atomic E-state index is 1.02. The summed E-state index contributed by atoms with van der Waals surface area (Å²) in [7, 11) is -1.23. The minimum atomic E-state index is -1.23. The van der Waals surface area contributed by atoms with Crippen LogP contribution in [0, 0.1) is 0 Å². The number of hydrogen-bond acceptors (Lipinski definition) is 1. The number of aromatic nitrogens is 1. The van der Waals surface area contributed by atoms with Gasteiger partial charge in [0.25, 0.3) is 0 Å². The predicted octanol–water partition coefficient (Wildman–Crippen LogP) is 4.96. The maximum atomic E-state index is 4.44. The summed E-state index contributed by atoms with van der Waals surface area (Å²) < 4.78 is 0. The van der Waals surface area contributed by atoms with Gasteiger partial charge in [0.2, 0.25) is 0 Å². The van der Waals surface area contributed by atoms with Crippen molar-refractivity contribution in [2.75, 3.05) is 0 Å². The minimum Gasteiger partial charge on any atom is -0.256 e. The molecule has 2 heteroatoms. The maximum absolute atomic E-state index is 4.44. The smallest absolute Gasteiger partial charge is 0.0775 e. The molecular formula is C20H21NSi. The molecule has 0 atom stereocenters. The Balaban J connectivity index is 1.96. The lowest BCUT2D eigenvalue weighted by Gasteiger charge is -2.17. The topological polar surface area (TPSA) is 12.9 Å². The molecule has 3 rings (SSSR count). The molecule has 0 saturated heterocycles. The van der Waals surface area contributed by atoms with Crippen LogP contribution in [0.1, 0.15) is 0 Å². The average Bonchev–Trinajstić information content (AvgIpc) is 2.55. The molecule has 1 nitrogen and oxygen atoms in total. The quantitative estimate of drug-likeness (QED) is 0.623. The molecule has 0 unspecified atom stereocenters. The van der Waals surface area contributed by atoms with Crippen molar-refractivity contribution in [1.82, 2.24) is 4.98 Å². The summed E-state index contributed by atoms with van der Waals surface area (Å²) in [5.41, 5.74) is 4.68. The molecule has 0 aliphatic carbocycles. The van der Waals surface area contributed by atoms with Gasteiger partial charge in [-0.05, 0) is 29.3 Å². The van der Waals surface area contributed by atoms with Crippen LogP contribution in [0.5, 0.6) is 0 Å². The lowest BCUT2D eigenvalue weighted by Crippen LogP contribution is -2.37. The van der Waals surface area contributed by atoms with Crippen LogP contribution in [0.25, 0.3) is 22.4 Å². The monoisotopic (exact) mass is 303 g/mol. The average molecular weight is 303 g/mol. The first-order valence-corrected chi connectivity index (χ1v) is 11.2. The molecule has 0 fully saturated rings. The molecule has 0 radical (unpaired) electrons. The van der Waals surface area contributed by atoms with Crippen LogP contribution >= 0.6 is 0 Å². The van der Waals surface area contributed by atoms with Crippen molar-refractivity contribution in [3.05, 3.63) is 72.9 Å². The maximum Gasteiger partial charge on any atom is 0.0775 e. The summed E-state index contributed by atoms with van der Waals surface area (Å²) in [6, 6.07) is 23.7. The summed E-state index contributed by atoms with van der Waals surface area (Å²) >= 11 is 0. The van der Waals surface area contributed by atoms with Gasteiger partial charge in [-0.3, -0.25) is 4.98 Å². The van der Waals surface area contributed by atoms with Gasteiger partial charge in [0, 0.05) is 11.8 Å². The Morgan fingerprint density at radius 3 is 2.05 bits per heavy atom. The van der Waals surface area contributed by atoms with Gasteiger partial charge >= 0.3 is 0 Å². The summed E-state index contributed by atoms with van der Waals surface area (Å²) in [5, 5.41) is 1.50. The molecule has 0 N–H and O–H groups in total. The van der Waals surface area contributed by atoms with E-state index >= 15 is 0 Å². The largest absolute Gasteiger partial charge is 0.256 e. The third-order valence-corrected chi connectivity index (χ3v) is 5.97. The van der Waals surface area contributed by atoms with Crippen molar-refractivity contribution in [3.63, 3.8) is 0 Å². The standard InChI is InChI=1S/C20H21NSi/c1-22(2,3)19-12-10-16(11-13-19)17-7-6-8-18(15-17)20-9-4-5-14-21-20/h4-15H,1-3H3. The van der Waals surface area contributed by atoms with Crippen molar-refractivity contribution >= 4 is 13.3 Å². The van der Waals surface area contributed by atoms with E-state index in [0.29, 0.717) is 0 Å². The zero-order valence-electron chi connectivity index (χ0n) is 13.4. The SMILES string of the molecule is C[Si](C)(C)c1ccc(-c2cccc(-c3ccccn3)c2)cc1. The van der Waals surface area contributed by atoms with Crippen molar-refractivity contribution < 1.29 is 0 Å². The van der Waals surface area contributed by atoms with E-state index in [0.717, 1.165) is 11.3 Å². The highest BCUT2D eigenvalue weighted by atomic mass is 28.3. The highest BCUT2D eigenvalue weighted by Crippen LogP contribution is 2.25. The fourth-order valence-corrected chi connectivity index (χ4v) is 3.72. The van der Waals surface area contributed by atoms with E-state index in [1.807, 2.05) is 24.4 Å². The summed E-state index contributed by atoms with van der Waals surface area (Å²) in [6.07, 6.45) is 1.84. The first-order chi connectivity index (χ1) is 10.5. The molecule has 0 spiro atoms. The van der Waals surface area contributed by atoms with Crippen molar-refractivity contribution in [1.29, 1.82) is 0 Å². The highest BCUT2D eigenvalue weighted by molar-refractivity contribution is 6.88. The van der Waals surface area contributed by atoms with Crippen molar-refractivity contribution in [2.24, 2.45) is 0 Å². The zero-order chi connectivity index (χ0) is 15.6. The molecule has 1 aromatic heterocycles. The molecule has 1 heterocycles.